The number of piperidine rings is 1. The molecule has 0 aliphatic carbocycles. The Morgan fingerprint density at radius 1 is 1.45 bits per heavy atom. The normalized spacial score (nSPS) is 21.1. The second kappa shape index (κ2) is 7.96. The zero-order chi connectivity index (χ0) is 15.2. The largest absolute Gasteiger partial charge is 0.368 e. The second-order valence-electron chi connectivity index (χ2n) is 6.20. The van der Waals surface area contributed by atoms with E-state index in [0.717, 1.165) is 25.9 Å². The molecule has 1 amide bonds. The van der Waals surface area contributed by atoms with Crippen LogP contribution in [0.2, 0.25) is 0 Å². The van der Waals surface area contributed by atoms with E-state index in [1.54, 1.807) is 7.05 Å². The lowest BCUT2D eigenvalue weighted by Crippen LogP contribution is -2.52. The number of primary amides is 1. The van der Waals surface area contributed by atoms with Crippen LogP contribution in [0.1, 0.15) is 39.5 Å². The van der Waals surface area contributed by atoms with Crippen molar-refractivity contribution in [3.63, 3.8) is 0 Å². The highest BCUT2D eigenvalue weighted by Crippen LogP contribution is 2.17. The Morgan fingerprint density at radius 2 is 2.05 bits per heavy atom. The van der Waals surface area contributed by atoms with E-state index >= 15 is 0 Å². The minimum absolute atomic E-state index is 0.265. The Morgan fingerprint density at radius 3 is 2.50 bits per heavy atom. The van der Waals surface area contributed by atoms with Crippen LogP contribution < -0.4 is 11.1 Å². The van der Waals surface area contributed by atoms with Crippen molar-refractivity contribution in [3.05, 3.63) is 0 Å². The first kappa shape index (κ1) is 17.4. The summed E-state index contributed by atoms with van der Waals surface area (Å²) >= 11 is 0. The Balaban J connectivity index is 2.30. The van der Waals surface area contributed by atoms with Crippen molar-refractivity contribution < 1.29 is 4.79 Å². The van der Waals surface area contributed by atoms with Gasteiger partial charge in [0.25, 0.3) is 0 Å². The van der Waals surface area contributed by atoms with Crippen LogP contribution >= 0.6 is 0 Å². The number of rotatable bonds is 8. The van der Waals surface area contributed by atoms with Crippen LogP contribution in [0.4, 0.5) is 0 Å². The Bertz CT molecular complexity index is 302. The third-order valence-corrected chi connectivity index (χ3v) is 4.91. The van der Waals surface area contributed by atoms with Gasteiger partial charge in [0.1, 0.15) is 0 Å². The smallest absolute Gasteiger partial charge is 0.237 e. The van der Waals surface area contributed by atoms with Gasteiger partial charge in [-0.1, -0.05) is 6.92 Å². The summed E-state index contributed by atoms with van der Waals surface area (Å²) < 4.78 is 0. The van der Waals surface area contributed by atoms with Gasteiger partial charge in [-0.25, -0.2) is 0 Å². The van der Waals surface area contributed by atoms with Gasteiger partial charge in [-0.2, -0.15) is 0 Å². The third kappa shape index (κ3) is 4.72. The van der Waals surface area contributed by atoms with Crippen molar-refractivity contribution >= 4 is 5.91 Å². The molecule has 0 saturated carbocycles. The number of amides is 1. The summed E-state index contributed by atoms with van der Waals surface area (Å²) in [5, 5.41) is 3.04. The topological polar surface area (TPSA) is 61.6 Å². The van der Waals surface area contributed by atoms with Crippen molar-refractivity contribution in [2.45, 2.75) is 51.1 Å². The first-order valence-corrected chi connectivity index (χ1v) is 7.84. The van der Waals surface area contributed by atoms with Gasteiger partial charge in [-0.05, 0) is 72.9 Å². The second-order valence-corrected chi connectivity index (χ2v) is 6.20. The van der Waals surface area contributed by atoms with Gasteiger partial charge in [0.2, 0.25) is 5.91 Å². The predicted octanol–water partition coefficient (Wildman–Crippen LogP) is 0.646. The van der Waals surface area contributed by atoms with Gasteiger partial charge in [0, 0.05) is 6.04 Å². The number of hydrogen-bond donors (Lipinski definition) is 2. The number of carbonyl (C=O) groups is 1. The van der Waals surface area contributed by atoms with Crippen molar-refractivity contribution in [3.8, 4) is 0 Å². The Hall–Kier alpha value is -0.650. The maximum Gasteiger partial charge on any atom is 0.237 e. The molecule has 1 unspecified atom stereocenters. The minimum Gasteiger partial charge on any atom is -0.368 e. The first-order chi connectivity index (χ1) is 9.42. The fraction of sp³-hybridized carbons (Fsp3) is 0.933. The molecule has 1 saturated heterocycles. The van der Waals surface area contributed by atoms with Gasteiger partial charge in [-0.15, -0.1) is 0 Å². The van der Waals surface area contributed by atoms with Crippen LogP contribution in [0.25, 0.3) is 0 Å². The number of nitrogens with two attached hydrogens (primary N) is 1. The van der Waals surface area contributed by atoms with Crippen LogP contribution in [0.15, 0.2) is 0 Å². The van der Waals surface area contributed by atoms with Crippen LogP contribution in [-0.2, 0) is 4.79 Å². The van der Waals surface area contributed by atoms with Crippen LogP contribution in [0.5, 0.6) is 0 Å². The molecule has 5 nitrogen and oxygen atoms in total. The fourth-order valence-corrected chi connectivity index (χ4v) is 2.91. The standard InChI is InChI=1S/C15H32N4O/c1-5-19-11-7-13(8-12-19)18(4)10-6-9-15(2,17-3)14(16)20/h13,17H,5-12H2,1-4H3,(H2,16,20). The zero-order valence-corrected chi connectivity index (χ0v) is 13.6. The zero-order valence-electron chi connectivity index (χ0n) is 13.6. The molecule has 1 aliphatic heterocycles. The fourth-order valence-electron chi connectivity index (χ4n) is 2.91. The molecule has 1 fully saturated rings. The molecule has 3 N–H and O–H groups in total. The molecule has 1 atom stereocenters. The highest BCUT2D eigenvalue weighted by Gasteiger charge is 2.29. The molecule has 0 aromatic heterocycles. The van der Waals surface area contributed by atoms with E-state index in [1.807, 2.05) is 6.92 Å². The van der Waals surface area contributed by atoms with Crippen LogP contribution in [-0.4, -0.2) is 67.6 Å². The summed E-state index contributed by atoms with van der Waals surface area (Å²) in [6, 6.07) is 0.687. The summed E-state index contributed by atoms with van der Waals surface area (Å²) in [5.74, 6) is -0.265. The summed E-state index contributed by atoms with van der Waals surface area (Å²) in [6.45, 7) is 8.72. The molecule has 0 radical (unpaired) electrons. The molecule has 1 rings (SSSR count). The molecular formula is C15H32N4O. The molecule has 20 heavy (non-hydrogen) atoms. The van der Waals surface area contributed by atoms with Gasteiger partial charge >= 0.3 is 0 Å². The SMILES string of the molecule is CCN1CCC(N(C)CCCC(C)(NC)C(N)=O)CC1. The molecule has 0 aromatic rings. The van der Waals surface area contributed by atoms with Gasteiger partial charge in [0.15, 0.2) is 0 Å². The quantitative estimate of drug-likeness (QED) is 0.687. The highest BCUT2D eigenvalue weighted by molar-refractivity contribution is 5.84. The molecule has 1 aliphatic rings. The van der Waals surface area contributed by atoms with Crippen molar-refractivity contribution in [1.82, 2.24) is 15.1 Å². The number of nitrogens with one attached hydrogen (secondary N) is 1. The maximum absolute atomic E-state index is 11.4. The van der Waals surface area contributed by atoms with E-state index in [0.29, 0.717) is 6.04 Å². The Kier molecular flexibility index (Phi) is 6.92. The Labute approximate surface area is 123 Å². The predicted molar refractivity (Wildman–Crippen MR) is 83.7 cm³/mol. The lowest BCUT2D eigenvalue weighted by molar-refractivity contribution is -0.123. The monoisotopic (exact) mass is 284 g/mol. The van der Waals surface area contributed by atoms with E-state index in [4.69, 9.17) is 5.73 Å². The van der Waals surface area contributed by atoms with Crippen molar-refractivity contribution in [1.29, 1.82) is 0 Å². The average molecular weight is 284 g/mol. The molecule has 0 bridgehead atoms. The number of hydrogen-bond acceptors (Lipinski definition) is 4. The summed E-state index contributed by atoms with van der Waals surface area (Å²) in [4.78, 5) is 16.4. The van der Waals surface area contributed by atoms with E-state index in [9.17, 15) is 4.79 Å². The van der Waals surface area contributed by atoms with Crippen LogP contribution in [0, 0.1) is 0 Å². The molecule has 118 valence electrons. The molecule has 5 heteroatoms. The van der Waals surface area contributed by atoms with E-state index < -0.39 is 5.54 Å². The van der Waals surface area contributed by atoms with Crippen molar-refractivity contribution in [2.24, 2.45) is 5.73 Å². The maximum atomic E-state index is 11.4. The molecule has 0 spiro atoms. The highest BCUT2D eigenvalue weighted by atomic mass is 16.1. The average Bonchev–Trinajstić information content (AvgIpc) is 2.46. The van der Waals surface area contributed by atoms with Crippen LogP contribution in [0.3, 0.4) is 0 Å². The summed E-state index contributed by atoms with van der Waals surface area (Å²) in [5.41, 5.74) is 4.87. The number of carbonyl (C=O) groups excluding carboxylic acids is 1. The van der Waals surface area contributed by atoms with Gasteiger partial charge < -0.3 is 20.9 Å². The number of likely N-dealkylation sites (N-methyl/N-ethyl adjacent to an activating group) is 1. The lowest BCUT2D eigenvalue weighted by Gasteiger charge is -2.36. The minimum atomic E-state index is -0.577. The molecule has 0 aromatic carbocycles. The van der Waals surface area contributed by atoms with E-state index in [2.05, 4.69) is 29.1 Å². The lowest BCUT2D eigenvalue weighted by atomic mass is 9.94. The third-order valence-electron chi connectivity index (χ3n) is 4.91. The molecular weight excluding hydrogens is 252 g/mol. The van der Waals surface area contributed by atoms with Crippen molar-refractivity contribution in [2.75, 3.05) is 40.3 Å². The summed E-state index contributed by atoms with van der Waals surface area (Å²) in [6.07, 6.45) is 4.29. The van der Waals surface area contributed by atoms with Gasteiger partial charge in [0.05, 0.1) is 5.54 Å². The van der Waals surface area contributed by atoms with E-state index in [1.165, 1.54) is 25.9 Å². The van der Waals surface area contributed by atoms with E-state index in [-0.39, 0.29) is 5.91 Å². The first-order valence-electron chi connectivity index (χ1n) is 7.84. The number of likely N-dealkylation sites (tertiary alicyclic amines) is 1. The van der Waals surface area contributed by atoms with Gasteiger partial charge in [-0.3, -0.25) is 4.79 Å². The summed E-state index contributed by atoms with van der Waals surface area (Å²) in [7, 11) is 4.00. The molecule has 1 heterocycles. The number of nitrogens with zero attached hydrogens (tertiary/aromatic N) is 2.